The van der Waals surface area contributed by atoms with E-state index in [4.69, 9.17) is 0 Å². The number of carbonyl (C=O) groups is 1. The fourth-order valence-electron chi connectivity index (χ4n) is 3.86. The van der Waals surface area contributed by atoms with Gasteiger partial charge >= 0.3 is 0 Å². The number of aryl methyl sites for hydroxylation is 1. The molecule has 0 radical (unpaired) electrons. The summed E-state index contributed by atoms with van der Waals surface area (Å²) in [6.45, 7) is 4.89. The molecule has 3 N–H and O–H groups in total. The molecule has 132 valence electrons. The van der Waals surface area contributed by atoms with E-state index in [0.29, 0.717) is 18.5 Å². The average molecular weight is 337 g/mol. The van der Waals surface area contributed by atoms with Crippen molar-refractivity contribution < 1.29 is 10.1 Å². The highest BCUT2D eigenvalue weighted by Crippen LogP contribution is 2.29. The van der Waals surface area contributed by atoms with E-state index in [1.807, 2.05) is 6.07 Å². The molecule has 0 unspecified atom stereocenters. The van der Waals surface area contributed by atoms with Gasteiger partial charge in [0.05, 0.1) is 6.04 Å². The molecule has 0 aromatic heterocycles. The molecule has 2 aromatic carbocycles. The summed E-state index contributed by atoms with van der Waals surface area (Å²) in [6.07, 6.45) is 3.30. The van der Waals surface area contributed by atoms with Crippen molar-refractivity contribution in [2.24, 2.45) is 5.92 Å². The van der Waals surface area contributed by atoms with Gasteiger partial charge < -0.3 is 10.6 Å². The molecule has 0 bridgehead atoms. The van der Waals surface area contributed by atoms with Gasteiger partial charge in [-0.25, -0.2) is 0 Å². The van der Waals surface area contributed by atoms with Crippen molar-refractivity contribution in [2.45, 2.75) is 45.2 Å². The zero-order valence-electron chi connectivity index (χ0n) is 15.2. The zero-order valence-corrected chi connectivity index (χ0v) is 15.2. The van der Waals surface area contributed by atoms with Crippen molar-refractivity contribution in [2.75, 3.05) is 6.54 Å². The third kappa shape index (κ3) is 4.49. The molecule has 0 aliphatic heterocycles. The van der Waals surface area contributed by atoms with Crippen LogP contribution in [0.15, 0.2) is 54.6 Å². The van der Waals surface area contributed by atoms with Crippen LogP contribution in [0, 0.1) is 5.92 Å². The van der Waals surface area contributed by atoms with Crippen molar-refractivity contribution in [1.29, 1.82) is 0 Å². The number of hydrogen-bond acceptors (Lipinski definition) is 1. The Morgan fingerprint density at radius 1 is 1.12 bits per heavy atom. The number of hydrogen-bond donors (Lipinski definition) is 2. The number of carbonyl (C=O) groups excluding carboxylic acids is 1. The molecule has 0 fully saturated rings. The van der Waals surface area contributed by atoms with Crippen LogP contribution in [0.1, 0.15) is 55.5 Å². The normalized spacial score (nSPS) is 17.8. The lowest BCUT2D eigenvalue weighted by Crippen LogP contribution is -2.88. The molecule has 2 atom stereocenters. The van der Waals surface area contributed by atoms with Crippen LogP contribution in [0.5, 0.6) is 0 Å². The van der Waals surface area contributed by atoms with Crippen LogP contribution < -0.4 is 10.6 Å². The third-order valence-corrected chi connectivity index (χ3v) is 5.16. The van der Waals surface area contributed by atoms with E-state index in [0.717, 1.165) is 19.3 Å². The minimum absolute atomic E-state index is 0.128. The fourth-order valence-corrected chi connectivity index (χ4v) is 3.86. The fraction of sp³-hybridized carbons (Fsp3) is 0.409. The molecule has 0 heterocycles. The first-order valence-corrected chi connectivity index (χ1v) is 9.40. The Hall–Kier alpha value is -2.13. The molecular formula is C22H29N2O+. The number of nitrogens with two attached hydrogens (primary N) is 1. The van der Waals surface area contributed by atoms with E-state index in [2.05, 4.69) is 73.0 Å². The van der Waals surface area contributed by atoms with Crippen molar-refractivity contribution in [3.63, 3.8) is 0 Å². The van der Waals surface area contributed by atoms with Crippen LogP contribution >= 0.6 is 0 Å². The highest BCUT2D eigenvalue weighted by molar-refractivity contribution is 5.77. The van der Waals surface area contributed by atoms with Gasteiger partial charge in [0, 0.05) is 11.5 Å². The second kappa shape index (κ2) is 8.30. The minimum atomic E-state index is 0.128. The molecule has 0 saturated heterocycles. The summed E-state index contributed by atoms with van der Waals surface area (Å²) in [7, 11) is 0. The SMILES string of the molecule is CC(C)[C@@H]([NH2+]CC(=O)N[C@H]1CCCc2ccccc21)c1ccccc1. The Bertz CT molecular complexity index is 696. The summed E-state index contributed by atoms with van der Waals surface area (Å²) in [5.41, 5.74) is 3.96. The van der Waals surface area contributed by atoms with Crippen molar-refractivity contribution in [3.05, 3.63) is 71.3 Å². The Balaban J connectivity index is 1.60. The molecule has 0 saturated carbocycles. The van der Waals surface area contributed by atoms with Crippen LogP contribution in [0.4, 0.5) is 0 Å². The standard InChI is InChI=1S/C22H28N2O/c1-16(2)22(18-10-4-3-5-11-18)23-15-21(25)24-20-14-8-12-17-9-6-7-13-19(17)20/h3-7,9-11,13,16,20,22-23H,8,12,14-15H2,1-2H3,(H,24,25)/p+1/t20-,22+/m0/s1. The molecule has 3 nitrogen and oxygen atoms in total. The van der Waals surface area contributed by atoms with Crippen LogP contribution in [-0.2, 0) is 11.2 Å². The number of quaternary nitrogens is 1. The van der Waals surface area contributed by atoms with E-state index < -0.39 is 0 Å². The van der Waals surface area contributed by atoms with Crippen LogP contribution in [0.25, 0.3) is 0 Å². The summed E-state index contributed by atoms with van der Waals surface area (Å²) in [5, 5.41) is 5.42. The van der Waals surface area contributed by atoms with Gasteiger partial charge in [-0.2, -0.15) is 0 Å². The first-order chi connectivity index (χ1) is 12.1. The number of fused-ring (bicyclic) bond motifs is 1. The molecule has 0 spiro atoms. The van der Waals surface area contributed by atoms with Gasteiger partial charge in [0.2, 0.25) is 0 Å². The van der Waals surface area contributed by atoms with Gasteiger partial charge in [-0.05, 0) is 30.4 Å². The lowest BCUT2D eigenvalue weighted by molar-refractivity contribution is -0.692. The van der Waals surface area contributed by atoms with Gasteiger partial charge in [-0.1, -0.05) is 68.4 Å². The topological polar surface area (TPSA) is 45.7 Å². The van der Waals surface area contributed by atoms with Crippen LogP contribution in [0.3, 0.4) is 0 Å². The molecule has 3 heteroatoms. The Morgan fingerprint density at radius 3 is 2.60 bits per heavy atom. The van der Waals surface area contributed by atoms with Crippen LogP contribution in [-0.4, -0.2) is 12.5 Å². The van der Waals surface area contributed by atoms with Gasteiger partial charge in [0.15, 0.2) is 6.54 Å². The van der Waals surface area contributed by atoms with Gasteiger partial charge in [0.1, 0.15) is 6.04 Å². The lowest BCUT2D eigenvalue weighted by Gasteiger charge is -2.26. The summed E-state index contributed by atoms with van der Waals surface area (Å²) >= 11 is 0. The van der Waals surface area contributed by atoms with Gasteiger partial charge in [-0.15, -0.1) is 0 Å². The number of amides is 1. The quantitative estimate of drug-likeness (QED) is 0.836. The predicted octanol–water partition coefficient (Wildman–Crippen LogP) is 3.14. The number of benzene rings is 2. The molecule has 1 amide bonds. The first-order valence-electron chi connectivity index (χ1n) is 9.40. The van der Waals surface area contributed by atoms with Gasteiger partial charge in [0.25, 0.3) is 5.91 Å². The van der Waals surface area contributed by atoms with E-state index in [1.165, 1.54) is 16.7 Å². The van der Waals surface area contributed by atoms with Crippen molar-refractivity contribution in [1.82, 2.24) is 5.32 Å². The maximum atomic E-state index is 12.5. The van der Waals surface area contributed by atoms with E-state index in [-0.39, 0.29) is 11.9 Å². The molecule has 25 heavy (non-hydrogen) atoms. The highest BCUT2D eigenvalue weighted by Gasteiger charge is 2.24. The molecule has 3 rings (SSSR count). The summed E-state index contributed by atoms with van der Waals surface area (Å²) in [4.78, 5) is 12.5. The second-order valence-electron chi connectivity index (χ2n) is 7.33. The van der Waals surface area contributed by atoms with E-state index >= 15 is 0 Å². The predicted molar refractivity (Wildman–Crippen MR) is 101 cm³/mol. The van der Waals surface area contributed by atoms with Crippen molar-refractivity contribution in [3.8, 4) is 0 Å². The largest absolute Gasteiger partial charge is 0.344 e. The first kappa shape index (κ1) is 17.7. The monoisotopic (exact) mass is 337 g/mol. The van der Waals surface area contributed by atoms with E-state index in [9.17, 15) is 4.79 Å². The lowest BCUT2D eigenvalue weighted by atomic mass is 9.88. The van der Waals surface area contributed by atoms with E-state index in [1.54, 1.807) is 0 Å². The Labute approximate surface area is 150 Å². The molecule has 1 aliphatic rings. The number of nitrogens with one attached hydrogen (secondary N) is 1. The van der Waals surface area contributed by atoms with Crippen LogP contribution in [0.2, 0.25) is 0 Å². The smallest absolute Gasteiger partial charge is 0.275 e. The maximum absolute atomic E-state index is 12.5. The average Bonchev–Trinajstić information content (AvgIpc) is 2.63. The maximum Gasteiger partial charge on any atom is 0.275 e. The second-order valence-corrected chi connectivity index (χ2v) is 7.33. The molecule has 2 aromatic rings. The van der Waals surface area contributed by atoms with Gasteiger partial charge in [-0.3, -0.25) is 4.79 Å². The highest BCUT2D eigenvalue weighted by atomic mass is 16.2. The molecule has 1 aliphatic carbocycles. The molecular weight excluding hydrogens is 308 g/mol. The minimum Gasteiger partial charge on any atom is -0.344 e. The third-order valence-electron chi connectivity index (χ3n) is 5.16. The Morgan fingerprint density at radius 2 is 1.84 bits per heavy atom. The zero-order chi connectivity index (χ0) is 17.6. The Kier molecular flexibility index (Phi) is 5.87. The summed E-state index contributed by atoms with van der Waals surface area (Å²) in [5.74, 6) is 0.605. The van der Waals surface area contributed by atoms with Crippen molar-refractivity contribution >= 4 is 5.91 Å². The summed E-state index contributed by atoms with van der Waals surface area (Å²) in [6, 6.07) is 19.4. The number of rotatable bonds is 6. The summed E-state index contributed by atoms with van der Waals surface area (Å²) < 4.78 is 0.